The van der Waals surface area contributed by atoms with Crippen molar-refractivity contribution in [2.24, 2.45) is 11.1 Å². The molecule has 5 rings (SSSR count). The van der Waals surface area contributed by atoms with E-state index in [0.717, 1.165) is 31.2 Å². The van der Waals surface area contributed by atoms with Gasteiger partial charge >= 0.3 is 0 Å². The van der Waals surface area contributed by atoms with Gasteiger partial charge in [0.05, 0.1) is 11.4 Å². The van der Waals surface area contributed by atoms with Gasteiger partial charge in [-0.25, -0.2) is 9.97 Å². The van der Waals surface area contributed by atoms with E-state index < -0.39 is 0 Å². The van der Waals surface area contributed by atoms with Gasteiger partial charge in [-0.2, -0.15) is 0 Å². The molecule has 0 saturated heterocycles. The Morgan fingerprint density at radius 1 is 1.14 bits per heavy atom. The number of anilines is 1. The Bertz CT molecular complexity index is 1250. The molecule has 3 amide bonds. The van der Waals surface area contributed by atoms with Gasteiger partial charge in [0, 0.05) is 25.9 Å². The molecule has 11 nitrogen and oxygen atoms in total. The Balaban J connectivity index is 1.19. The number of amides is 3. The van der Waals surface area contributed by atoms with Crippen LogP contribution in [0.3, 0.4) is 0 Å². The first kappa shape index (κ1) is 24.7. The van der Waals surface area contributed by atoms with Gasteiger partial charge in [0.25, 0.3) is 11.8 Å². The van der Waals surface area contributed by atoms with Crippen molar-refractivity contribution in [1.29, 1.82) is 0 Å². The van der Waals surface area contributed by atoms with Gasteiger partial charge in [-0.15, -0.1) is 0 Å². The van der Waals surface area contributed by atoms with Crippen molar-refractivity contribution in [3.63, 3.8) is 0 Å². The van der Waals surface area contributed by atoms with Crippen molar-refractivity contribution in [2.45, 2.75) is 64.6 Å². The second kappa shape index (κ2) is 10.5. The summed E-state index contributed by atoms with van der Waals surface area (Å²) in [5.74, 6) is 0.899. The van der Waals surface area contributed by atoms with Crippen LogP contribution < -0.4 is 20.7 Å². The number of ether oxygens (including phenoxy) is 1. The number of nitrogens with zero attached hydrogens (tertiary/aromatic N) is 3. The fourth-order valence-corrected chi connectivity index (χ4v) is 5.07. The average Bonchev–Trinajstić information content (AvgIpc) is 3.37. The van der Waals surface area contributed by atoms with Crippen molar-refractivity contribution in [3.05, 3.63) is 47.0 Å². The second-order valence-electron chi connectivity index (χ2n) is 9.73. The Morgan fingerprint density at radius 2 is 1.95 bits per heavy atom. The number of aryl methyl sites for hydroxylation is 1. The van der Waals surface area contributed by atoms with Crippen LogP contribution in [0, 0.1) is 12.8 Å². The monoisotopic (exact) mass is 506 g/mol. The molecular formula is C26H30N6O5. The largest absolute Gasteiger partial charge is 0.482 e. The summed E-state index contributed by atoms with van der Waals surface area (Å²) in [5.41, 5.74) is 2.94. The van der Waals surface area contributed by atoms with E-state index in [2.05, 4.69) is 31.1 Å². The van der Waals surface area contributed by atoms with Crippen LogP contribution in [0.4, 0.5) is 5.69 Å². The number of hydrogen-bond acceptors (Lipinski definition) is 8. The number of hydrogen-bond donors (Lipinski definition) is 3. The SMILES string of the molecule is CC(=O)NC1CCC([C@H]2CC(c3cc(C(=O)NCc4ccc5c(c4)NC(=O)CO5)nc(C)n3)=NO2)CC1. The third-order valence-electron chi connectivity index (χ3n) is 6.89. The quantitative estimate of drug-likeness (QED) is 0.545. The maximum atomic E-state index is 12.9. The predicted molar refractivity (Wildman–Crippen MR) is 134 cm³/mol. The molecule has 1 atom stereocenters. The third-order valence-corrected chi connectivity index (χ3v) is 6.89. The van der Waals surface area contributed by atoms with Crippen LogP contribution in [0.1, 0.15) is 66.6 Å². The molecule has 3 N–H and O–H groups in total. The molecule has 0 unspecified atom stereocenters. The first-order chi connectivity index (χ1) is 17.8. The van der Waals surface area contributed by atoms with E-state index in [1.807, 2.05) is 6.07 Å². The summed E-state index contributed by atoms with van der Waals surface area (Å²) in [6.07, 6.45) is 4.38. The zero-order valence-corrected chi connectivity index (χ0v) is 20.9. The minimum Gasteiger partial charge on any atom is -0.482 e. The zero-order chi connectivity index (χ0) is 25.9. The number of fused-ring (bicyclic) bond motifs is 1. The lowest BCUT2D eigenvalue weighted by atomic mass is 9.81. The molecular weight excluding hydrogens is 476 g/mol. The van der Waals surface area contributed by atoms with Crippen LogP contribution in [0.15, 0.2) is 29.4 Å². The van der Waals surface area contributed by atoms with E-state index >= 15 is 0 Å². The molecule has 0 bridgehead atoms. The maximum Gasteiger partial charge on any atom is 0.270 e. The van der Waals surface area contributed by atoms with Gasteiger partial charge in [-0.3, -0.25) is 14.4 Å². The first-order valence-electron chi connectivity index (χ1n) is 12.5. The summed E-state index contributed by atoms with van der Waals surface area (Å²) < 4.78 is 5.37. The van der Waals surface area contributed by atoms with Crippen molar-refractivity contribution >= 4 is 29.1 Å². The minimum atomic E-state index is -0.336. The lowest BCUT2D eigenvalue weighted by Gasteiger charge is -2.31. The van der Waals surface area contributed by atoms with Crippen LogP contribution in [0.25, 0.3) is 0 Å². The molecule has 2 aromatic rings. The number of oxime groups is 1. The molecule has 0 spiro atoms. The highest BCUT2D eigenvalue weighted by molar-refractivity contribution is 6.02. The summed E-state index contributed by atoms with van der Waals surface area (Å²) in [6.45, 7) is 3.54. The third kappa shape index (κ3) is 5.87. The standard InChI is InChI=1S/C26H30N6O5/c1-14-28-19(20-11-24(37-32-20)17-4-6-18(7-5-17)30-15(2)33)10-22(29-14)26(35)27-12-16-3-8-23-21(9-16)31-25(34)13-36-23/h3,8-10,17-18,24H,4-7,11-13H2,1-2H3,(H,27,35)(H,30,33)(H,31,34)/t17?,18?,24-/m1/s1. The molecule has 37 heavy (non-hydrogen) atoms. The summed E-state index contributed by atoms with van der Waals surface area (Å²) in [4.78, 5) is 50.4. The van der Waals surface area contributed by atoms with Gasteiger partial charge in [-0.1, -0.05) is 11.2 Å². The predicted octanol–water partition coefficient (Wildman–Crippen LogP) is 2.23. The molecule has 2 aliphatic heterocycles. The van der Waals surface area contributed by atoms with E-state index in [1.54, 1.807) is 32.0 Å². The lowest BCUT2D eigenvalue weighted by Crippen LogP contribution is -2.38. The van der Waals surface area contributed by atoms with E-state index in [0.29, 0.717) is 41.0 Å². The topological polar surface area (TPSA) is 144 Å². The summed E-state index contributed by atoms with van der Waals surface area (Å²) in [7, 11) is 0. The molecule has 1 aromatic carbocycles. The number of carbonyl (C=O) groups is 3. The molecule has 194 valence electrons. The van der Waals surface area contributed by atoms with Gasteiger partial charge < -0.3 is 25.5 Å². The van der Waals surface area contributed by atoms with Crippen molar-refractivity contribution in [3.8, 4) is 5.75 Å². The van der Waals surface area contributed by atoms with Gasteiger partial charge in [0.15, 0.2) is 6.61 Å². The lowest BCUT2D eigenvalue weighted by molar-refractivity contribution is -0.120. The Labute approximate surface area is 214 Å². The highest BCUT2D eigenvalue weighted by Crippen LogP contribution is 2.33. The Kier molecular flexibility index (Phi) is 7.02. The molecule has 1 fully saturated rings. The van der Waals surface area contributed by atoms with Gasteiger partial charge in [-0.05, 0) is 62.3 Å². The highest BCUT2D eigenvalue weighted by Gasteiger charge is 2.34. The molecule has 3 aliphatic rings. The van der Waals surface area contributed by atoms with Crippen LogP contribution in [-0.4, -0.2) is 52.2 Å². The van der Waals surface area contributed by atoms with E-state index in [9.17, 15) is 14.4 Å². The van der Waals surface area contributed by atoms with E-state index in [1.165, 1.54) is 0 Å². The number of aromatic nitrogens is 2. The zero-order valence-electron chi connectivity index (χ0n) is 20.9. The number of benzene rings is 1. The molecule has 1 aromatic heterocycles. The fraction of sp³-hybridized carbons (Fsp3) is 0.462. The average molecular weight is 507 g/mol. The molecule has 1 saturated carbocycles. The second-order valence-corrected chi connectivity index (χ2v) is 9.73. The van der Waals surface area contributed by atoms with Crippen LogP contribution >= 0.6 is 0 Å². The summed E-state index contributed by atoms with van der Waals surface area (Å²) in [5, 5.41) is 12.9. The summed E-state index contributed by atoms with van der Waals surface area (Å²) in [6, 6.07) is 7.25. The molecule has 3 heterocycles. The number of rotatable bonds is 6. The molecule has 11 heteroatoms. The summed E-state index contributed by atoms with van der Waals surface area (Å²) >= 11 is 0. The Hall–Kier alpha value is -4.02. The Morgan fingerprint density at radius 3 is 2.73 bits per heavy atom. The van der Waals surface area contributed by atoms with Crippen LogP contribution in [-0.2, 0) is 21.0 Å². The van der Waals surface area contributed by atoms with E-state index in [4.69, 9.17) is 9.57 Å². The van der Waals surface area contributed by atoms with Crippen LogP contribution in [0.2, 0.25) is 0 Å². The number of nitrogens with one attached hydrogen (secondary N) is 3. The van der Waals surface area contributed by atoms with Crippen LogP contribution in [0.5, 0.6) is 5.75 Å². The van der Waals surface area contributed by atoms with Gasteiger partial charge in [0.2, 0.25) is 5.91 Å². The molecule has 1 aliphatic carbocycles. The number of carbonyl (C=O) groups excluding carboxylic acids is 3. The fourth-order valence-electron chi connectivity index (χ4n) is 5.07. The highest BCUT2D eigenvalue weighted by atomic mass is 16.6. The minimum absolute atomic E-state index is 0.00468. The van der Waals surface area contributed by atoms with Crippen molar-refractivity contribution < 1.29 is 24.0 Å². The normalized spacial score (nSPS) is 22.6. The van der Waals surface area contributed by atoms with Gasteiger partial charge in [0.1, 0.15) is 29.1 Å². The molecule has 0 radical (unpaired) electrons. The van der Waals surface area contributed by atoms with E-state index in [-0.39, 0.29) is 48.7 Å². The van der Waals surface area contributed by atoms with Crippen molar-refractivity contribution in [2.75, 3.05) is 11.9 Å². The first-order valence-corrected chi connectivity index (χ1v) is 12.5. The smallest absolute Gasteiger partial charge is 0.270 e. The van der Waals surface area contributed by atoms with Crippen molar-refractivity contribution in [1.82, 2.24) is 20.6 Å². The maximum absolute atomic E-state index is 12.9.